The lowest BCUT2D eigenvalue weighted by Crippen LogP contribution is -2.46. The van der Waals surface area contributed by atoms with E-state index in [2.05, 4.69) is 39.6 Å². The van der Waals surface area contributed by atoms with Gasteiger partial charge in [-0.15, -0.1) is 11.3 Å². The van der Waals surface area contributed by atoms with E-state index in [1.54, 1.807) is 12.5 Å². The quantitative estimate of drug-likeness (QED) is 0.125. The molecule has 0 aliphatic heterocycles. The molecule has 8 heteroatoms. The molecule has 7 nitrogen and oxygen atoms in total. The minimum Gasteiger partial charge on any atom is -0.464 e. The molecule has 0 aliphatic rings. The maximum Gasteiger partial charge on any atom is 0.357 e. The van der Waals surface area contributed by atoms with Crippen LogP contribution in [0.4, 0.5) is 0 Å². The Labute approximate surface area is 225 Å². The van der Waals surface area contributed by atoms with Gasteiger partial charge in [-0.1, -0.05) is 81.6 Å². The Kier molecular flexibility index (Phi) is 23.1. The van der Waals surface area contributed by atoms with Crippen molar-refractivity contribution in [3.05, 3.63) is 16.1 Å². The molecule has 212 valence electrons. The fourth-order valence-corrected chi connectivity index (χ4v) is 4.32. The summed E-state index contributed by atoms with van der Waals surface area (Å²) in [5.74, 6) is 0.164. The second-order valence-electron chi connectivity index (χ2n) is 8.66. The summed E-state index contributed by atoms with van der Waals surface area (Å²) >= 11 is 1.37. The van der Waals surface area contributed by atoms with Crippen molar-refractivity contribution in [2.24, 2.45) is 11.8 Å². The van der Waals surface area contributed by atoms with E-state index in [-0.39, 0.29) is 36.4 Å². The molecule has 0 saturated heterocycles. The number of nitrogens with zero attached hydrogens (tertiary/aromatic N) is 2. The molecule has 0 spiro atoms. The van der Waals surface area contributed by atoms with E-state index >= 15 is 0 Å². The fourth-order valence-electron chi connectivity index (χ4n) is 3.44. The van der Waals surface area contributed by atoms with Gasteiger partial charge in [-0.2, -0.15) is 0 Å². The fraction of sp³-hybridized carbons (Fsp3) is 0.821. The maximum absolute atomic E-state index is 13.2. The van der Waals surface area contributed by atoms with Crippen LogP contribution in [0.5, 0.6) is 0 Å². The second-order valence-corrected chi connectivity index (χ2v) is 9.55. The van der Waals surface area contributed by atoms with Crippen LogP contribution in [0.25, 0.3) is 0 Å². The standard InChI is InChI=1S/C24H42N2O5S.2C2H6/c1-8-10-11-12-31-16-26(22(27)13-18(5)9-2)20(17(3)4)14-21(29-6)23-25-19(15-32-23)24(28)30-7;2*1-2/h15,17-18,20-21H,8-14,16H2,1-7H3;2*1-2H3/t18-,20?,21?;;/m0../s1. The molecule has 0 N–H and O–H groups in total. The first-order chi connectivity index (χ1) is 17.3. The molecule has 0 aliphatic carbocycles. The van der Waals surface area contributed by atoms with Crippen molar-refractivity contribution in [1.29, 1.82) is 0 Å². The van der Waals surface area contributed by atoms with Crippen LogP contribution in [0, 0.1) is 11.8 Å². The zero-order valence-electron chi connectivity index (χ0n) is 24.9. The lowest BCUT2D eigenvalue weighted by molar-refractivity contribution is -0.144. The number of methoxy groups -OCH3 is 2. The van der Waals surface area contributed by atoms with Crippen LogP contribution < -0.4 is 0 Å². The summed E-state index contributed by atoms with van der Waals surface area (Å²) in [6.45, 7) is 19.5. The number of thiazole rings is 1. The molecular formula is C28H54N2O5S. The highest BCUT2D eigenvalue weighted by atomic mass is 32.1. The summed E-state index contributed by atoms with van der Waals surface area (Å²) in [5, 5.41) is 2.39. The van der Waals surface area contributed by atoms with Crippen LogP contribution >= 0.6 is 11.3 Å². The highest BCUT2D eigenvalue weighted by Crippen LogP contribution is 2.30. The predicted octanol–water partition coefficient (Wildman–Crippen LogP) is 7.51. The lowest BCUT2D eigenvalue weighted by atomic mass is 9.95. The summed E-state index contributed by atoms with van der Waals surface area (Å²) in [6, 6.07) is -0.0758. The van der Waals surface area contributed by atoms with E-state index in [9.17, 15) is 9.59 Å². The van der Waals surface area contributed by atoms with Crippen molar-refractivity contribution >= 4 is 23.2 Å². The first kappa shape index (κ1) is 36.6. The van der Waals surface area contributed by atoms with E-state index < -0.39 is 5.97 Å². The average molecular weight is 531 g/mol. The summed E-state index contributed by atoms with van der Waals surface area (Å²) in [7, 11) is 2.97. The molecule has 0 bridgehead atoms. The van der Waals surface area contributed by atoms with Crippen LogP contribution in [0.2, 0.25) is 0 Å². The van der Waals surface area contributed by atoms with E-state index in [0.29, 0.717) is 30.4 Å². The largest absolute Gasteiger partial charge is 0.464 e. The predicted molar refractivity (Wildman–Crippen MR) is 150 cm³/mol. The highest BCUT2D eigenvalue weighted by molar-refractivity contribution is 7.09. The van der Waals surface area contributed by atoms with Gasteiger partial charge in [0.2, 0.25) is 5.91 Å². The first-order valence-corrected chi connectivity index (χ1v) is 14.6. The van der Waals surface area contributed by atoms with Gasteiger partial charge in [-0.05, 0) is 18.3 Å². The number of amides is 1. The van der Waals surface area contributed by atoms with Crippen molar-refractivity contribution in [3.63, 3.8) is 0 Å². The monoisotopic (exact) mass is 530 g/mol. The van der Waals surface area contributed by atoms with Gasteiger partial charge in [0.15, 0.2) is 5.69 Å². The van der Waals surface area contributed by atoms with Gasteiger partial charge in [0.1, 0.15) is 17.8 Å². The molecule has 1 rings (SSSR count). The molecular weight excluding hydrogens is 476 g/mol. The second kappa shape index (κ2) is 22.7. The molecule has 2 unspecified atom stereocenters. The Hall–Kier alpha value is -1.51. The molecule has 0 saturated carbocycles. The van der Waals surface area contributed by atoms with Crippen LogP contribution in [-0.2, 0) is 19.0 Å². The smallest absolute Gasteiger partial charge is 0.357 e. The number of carbonyl (C=O) groups excluding carboxylic acids is 2. The van der Waals surface area contributed by atoms with Gasteiger partial charge in [0.05, 0.1) is 7.11 Å². The van der Waals surface area contributed by atoms with E-state index in [4.69, 9.17) is 14.2 Å². The van der Waals surface area contributed by atoms with Crippen molar-refractivity contribution in [2.75, 3.05) is 27.6 Å². The zero-order valence-corrected chi connectivity index (χ0v) is 25.7. The number of rotatable bonds is 16. The van der Waals surface area contributed by atoms with Crippen molar-refractivity contribution in [2.45, 2.75) is 113 Å². The SMILES string of the molecule is CC.CC.CCCCCOCN(C(=O)C[C@@H](C)CC)C(CC(OC)c1nc(C(=O)OC)cs1)C(C)C. The van der Waals surface area contributed by atoms with Crippen molar-refractivity contribution in [3.8, 4) is 0 Å². The average Bonchev–Trinajstić information content (AvgIpc) is 3.39. The van der Waals surface area contributed by atoms with E-state index in [1.165, 1.54) is 18.4 Å². The summed E-state index contributed by atoms with van der Waals surface area (Å²) in [6.07, 6.45) is 4.95. The number of carbonyl (C=O) groups is 2. The highest BCUT2D eigenvalue weighted by Gasteiger charge is 2.31. The minimum absolute atomic E-state index is 0.0758. The first-order valence-electron chi connectivity index (χ1n) is 13.7. The summed E-state index contributed by atoms with van der Waals surface area (Å²) in [5.41, 5.74) is 0.277. The Morgan fingerprint density at radius 1 is 1.06 bits per heavy atom. The van der Waals surface area contributed by atoms with Crippen molar-refractivity contribution in [1.82, 2.24) is 9.88 Å². The molecule has 0 aromatic carbocycles. The third-order valence-corrected chi connectivity index (χ3v) is 6.70. The number of hydrogen-bond donors (Lipinski definition) is 0. The maximum atomic E-state index is 13.2. The zero-order chi connectivity index (χ0) is 28.1. The topological polar surface area (TPSA) is 78.0 Å². The number of aromatic nitrogens is 1. The van der Waals surface area contributed by atoms with E-state index in [1.807, 2.05) is 32.6 Å². The molecule has 36 heavy (non-hydrogen) atoms. The Bertz CT molecular complexity index is 681. The number of ether oxygens (including phenoxy) is 3. The molecule has 1 aromatic heterocycles. The summed E-state index contributed by atoms with van der Waals surface area (Å²) < 4.78 is 16.4. The van der Waals surface area contributed by atoms with Crippen LogP contribution in [0.15, 0.2) is 5.38 Å². The van der Waals surface area contributed by atoms with Gasteiger partial charge in [0, 0.05) is 38.0 Å². The molecule has 1 aromatic rings. The Morgan fingerprint density at radius 2 is 1.69 bits per heavy atom. The third kappa shape index (κ3) is 13.7. The molecule has 1 heterocycles. The van der Waals surface area contributed by atoms with Gasteiger partial charge in [-0.3, -0.25) is 4.79 Å². The van der Waals surface area contributed by atoms with Gasteiger partial charge in [-0.25, -0.2) is 9.78 Å². The van der Waals surface area contributed by atoms with Gasteiger partial charge in [0.25, 0.3) is 0 Å². The van der Waals surface area contributed by atoms with Crippen LogP contribution in [0.3, 0.4) is 0 Å². The Morgan fingerprint density at radius 3 is 2.19 bits per heavy atom. The molecule has 3 atom stereocenters. The lowest BCUT2D eigenvalue weighted by Gasteiger charge is -2.36. The van der Waals surface area contributed by atoms with E-state index in [0.717, 1.165) is 25.7 Å². The molecule has 0 radical (unpaired) electrons. The number of hydrogen-bond acceptors (Lipinski definition) is 7. The number of unbranched alkanes of at least 4 members (excludes halogenated alkanes) is 2. The summed E-state index contributed by atoms with van der Waals surface area (Å²) in [4.78, 5) is 31.3. The normalized spacial score (nSPS) is 13.0. The minimum atomic E-state index is -0.464. The van der Waals surface area contributed by atoms with Gasteiger partial charge >= 0.3 is 5.97 Å². The van der Waals surface area contributed by atoms with Crippen molar-refractivity contribution < 1.29 is 23.8 Å². The third-order valence-electron chi connectivity index (χ3n) is 5.76. The Balaban J connectivity index is 0. The molecule has 0 fully saturated rings. The van der Waals surface area contributed by atoms with Crippen LogP contribution in [0.1, 0.15) is 122 Å². The van der Waals surface area contributed by atoms with Gasteiger partial charge < -0.3 is 19.1 Å². The number of esters is 1. The molecule has 1 amide bonds. The van der Waals surface area contributed by atoms with Crippen LogP contribution in [-0.4, -0.2) is 55.4 Å².